The van der Waals surface area contributed by atoms with Gasteiger partial charge in [-0.25, -0.2) is 4.98 Å². The number of hydrogen-bond acceptors (Lipinski definition) is 5. The summed E-state index contributed by atoms with van der Waals surface area (Å²) in [7, 11) is 1.86. The Kier molecular flexibility index (Phi) is 3.24. The number of aromatic nitrogens is 2. The minimum atomic E-state index is 0.0601. The van der Waals surface area contributed by atoms with Gasteiger partial charge >= 0.3 is 0 Å². The SMILES string of the molecule is CNc1ccnc(NC2(C)CCCNC2)n1. The molecule has 1 aromatic rings. The molecule has 5 heteroatoms. The minimum absolute atomic E-state index is 0.0601. The Morgan fingerprint density at radius 1 is 1.50 bits per heavy atom. The lowest BCUT2D eigenvalue weighted by Crippen LogP contribution is -2.49. The standard InChI is InChI=1S/C11H19N5/c1-11(5-3-6-13-8-11)16-10-14-7-4-9(12-2)15-10/h4,7,13H,3,5-6,8H2,1-2H3,(H2,12,14,15,16). The van der Waals surface area contributed by atoms with E-state index in [9.17, 15) is 0 Å². The maximum absolute atomic E-state index is 4.37. The van der Waals surface area contributed by atoms with Crippen LogP contribution in [-0.2, 0) is 0 Å². The second-order valence-corrected chi connectivity index (χ2v) is 4.48. The lowest BCUT2D eigenvalue weighted by molar-refractivity contribution is 0.367. The number of nitrogens with zero attached hydrogens (tertiary/aromatic N) is 2. The minimum Gasteiger partial charge on any atom is -0.373 e. The molecular weight excluding hydrogens is 202 g/mol. The first-order chi connectivity index (χ1) is 7.72. The van der Waals surface area contributed by atoms with E-state index in [0.29, 0.717) is 5.95 Å². The van der Waals surface area contributed by atoms with Crippen molar-refractivity contribution in [2.45, 2.75) is 25.3 Å². The van der Waals surface area contributed by atoms with Crippen molar-refractivity contribution in [1.29, 1.82) is 0 Å². The molecule has 88 valence electrons. The van der Waals surface area contributed by atoms with Crippen molar-refractivity contribution >= 4 is 11.8 Å². The molecule has 0 bridgehead atoms. The highest BCUT2D eigenvalue weighted by Crippen LogP contribution is 2.20. The van der Waals surface area contributed by atoms with E-state index in [1.165, 1.54) is 6.42 Å². The molecule has 0 aliphatic carbocycles. The van der Waals surface area contributed by atoms with Gasteiger partial charge in [-0.1, -0.05) is 0 Å². The van der Waals surface area contributed by atoms with Gasteiger partial charge < -0.3 is 16.0 Å². The Balaban J connectivity index is 2.07. The predicted octanol–water partition coefficient (Wildman–Crippen LogP) is 1.07. The molecule has 0 saturated carbocycles. The summed E-state index contributed by atoms with van der Waals surface area (Å²) in [6.45, 7) is 4.27. The lowest BCUT2D eigenvalue weighted by atomic mass is 9.93. The van der Waals surface area contributed by atoms with Gasteiger partial charge in [-0.15, -0.1) is 0 Å². The zero-order valence-electron chi connectivity index (χ0n) is 9.88. The highest BCUT2D eigenvalue weighted by atomic mass is 15.2. The summed E-state index contributed by atoms with van der Waals surface area (Å²) in [5.41, 5.74) is 0.0601. The Labute approximate surface area is 96.1 Å². The molecule has 1 unspecified atom stereocenters. The third kappa shape index (κ3) is 2.61. The van der Waals surface area contributed by atoms with Gasteiger partial charge in [-0.2, -0.15) is 4.98 Å². The van der Waals surface area contributed by atoms with Crippen molar-refractivity contribution in [2.24, 2.45) is 0 Å². The van der Waals surface area contributed by atoms with E-state index in [-0.39, 0.29) is 5.54 Å². The fraction of sp³-hybridized carbons (Fsp3) is 0.636. The third-order valence-electron chi connectivity index (χ3n) is 2.92. The maximum atomic E-state index is 4.37. The third-order valence-corrected chi connectivity index (χ3v) is 2.92. The normalized spacial score (nSPS) is 25.1. The molecule has 1 aliphatic heterocycles. The summed E-state index contributed by atoms with van der Waals surface area (Å²) in [5.74, 6) is 1.53. The number of rotatable bonds is 3. The highest BCUT2D eigenvalue weighted by Gasteiger charge is 2.27. The Bertz CT molecular complexity index is 346. The van der Waals surface area contributed by atoms with Crippen molar-refractivity contribution in [3.63, 3.8) is 0 Å². The second kappa shape index (κ2) is 4.65. The van der Waals surface area contributed by atoms with Crippen LogP contribution in [0.2, 0.25) is 0 Å². The van der Waals surface area contributed by atoms with Crippen LogP contribution in [0.1, 0.15) is 19.8 Å². The molecule has 0 spiro atoms. The van der Waals surface area contributed by atoms with Crippen LogP contribution < -0.4 is 16.0 Å². The smallest absolute Gasteiger partial charge is 0.225 e. The highest BCUT2D eigenvalue weighted by molar-refractivity contribution is 5.40. The molecule has 16 heavy (non-hydrogen) atoms. The molecular formula is C11H19N5. The topological polar surface area (TPSA) is 61.9 Å². The van der Waals surface area contributed by atoms with Gasteiger partial charge in [0.2, 0.25) is 5.95 Å². The van der Waals surface area contributed by atoms with Gasteiger partial charge in [0.25, 0.3) is 0 Å². The fourth-order valence-electron chi connectivity index (χ4n) is 1.99. The van der Waals surface area contributed by atoms with Crippen molar-refractivity contribution in [3.05, 3.63) is 12.3 Å². The van der Waals surface area contributed by atoms with Crippen LogP contribution in [0.25, 0.3) is 0 Å². The van der Waals surface area contributed by atoms with Gasteiger partial charge in [-0.3, -0.25) is 0 Å². The number of piperidine rings is 1. The molecule has 1 aliphatic rings. The molecule has 1 saturated heterocycles. The van der Waals surface area contributed by atoms with Crippen LogP contribution in [0, 0.1) is 0 Å². The molecule has 5 nitrogen and oxygen atoms in total. The summed E-state index contributed by atoms with van der Waals surface area (Å²) in [4.78, 5) is 8.61. The molecule has 1 aromatic heterocycles. The molecule has 2 rings (SSSR count). The molecule has 0 amide bonds. The summed E-state index contributed by atoms with van der Waals surface area (Å²) >= 11 is 0. The molecule has 3 N–H and O–H groups in total. The first-order valence-electron chi connectivity index (χ1n) is 5.72. The van der Waals surface area contributed by atoms with Gasteiger partial charge in [-0.05, 0) is 32.4 Å². The van der Waals surface area contributed by atoms with Crippen molar-refractivity contribution < 1.29 is 0 Å². The number of hydrogen-bond donors (Lipinski definition) is 3. The van der Waals surface area contributed by atoms with Crippen molar-refractivity contribution in [3.8, 4) is 0 Å². The van der Waals surface area contributed by atoms with Gasteiger partial charge in [0, 0.05) is 25.3 Å². The van der Waals surface area contributed by atoms with Crippen LogP contribution in [0.3, 0.4) is 0 Å². The Morgan fingerprint density at radius 2 is 2.38 bits per heavy atom. The van der Waals surface area contributed by atoms with E-state index in [1.807, 2.05) is 13.1 Å². The van der Waals surface area contributed by atoms with E-state index in [4.69, 9.17) is 0 Å². The molecule has 0 aromatic carbocycles. The van der Waals surface area contributed by atoms with Gasteiger partial charge in [0.1, 0.15) is 5.82 Å². The predicted molar refractivity (Wildman–Crippen MR) is 65.7 cm³/mol. The summed E-state index contributed by atoms with van der Waals surface area (Å²) in [5, 5.41) is 9.81. The quantitative estimate of drug-likeness (QED) is 0.712. The van der Waals surface area contributed by atoms with Crippen molar-refractivity contribution in [2.75, 3.05) is 30.8 Å². The van der Waals surface area contributed by atoms with Crippen LogP contribution in [0.5, 0.6) is 0 Å². The summed E-state index contributed by atoms with van der Waals surface area (Å²) in [6.07, 6.45) is 4.10. The second-order valence-electron chi connectivity index (χ2n) is 4.48. The Hall–Kier alpha value is -1.36. The summed E-state index contributed by atoms with van der Waals surface area (Å²) < 4.78 is 0. The largest absolute Gasteiger partial charge is 0.373 e. The van der Waals surface area contributed by atoms with E-state index >= 15 is 0 Å². The first kappa shape index (κ1) is 11.1. The molecule has 2 heterocycles. The average Bonchev–Trinajstić information content (AvgIpc) is 2.29. The van der Waals surface area contributed by atoms with E-state index in [1.54, 1.807) is 6.20 Å². The van der Waals surface area contributed by atoms with Crippen LogP contribution in [0.4, 0.5) is 11.8 Å². The zero-order chi connectivity index (χ0) is 11.4. The van der Waals surface area contributed by atoms with Crippen LogP contribution in [0.15, 0.2) is 12.3 Å². The molecule has 1 atom stereocenters. The van der Waals surface area contributed by atoms with Gasteiger partial charge in [0.15, 0.2) is 0 Å². The lowest BCUT2D eigenvalue weighted by Gasteiger charge is -2.35. The maximum Gasteiger partial charge on any atom is 0.225 e. The molecule has 1 fully saturated rings. The monoisotopic (exact) mass is 221 g/mol. The number of anilines is 2. The van der Waals surface area contributed by atoms with E-state index in [2.05, 4.69) is 32.8 Å². The van der Waals surface area contributed by atoms with Crippen LogP contribution >= 0.6 is 0 Å². The summed E-state index contributed by atoms with van der Waals surface area (Å²) in [6, 6.07) is 1.85. The average molecular weight is 221 g/mol. The zero-order valence-corrected chi connectivity index (χ0v) is 9.88. The number of nitrogens with one attached hydrogen (secondary N) is 3. The fourth-order valence-corrected chi connectivity index (χ4v) is 1.99. The first-order valence-corrected chi connectivity index (χ1v) is 5.72. The molecule has 0 radical (unpaired) electrons. The van der Waals surface area contributed by atoms with Gasteiger partial charge in [0.05, 0.1) is 0 Å². The van der Waals surface area contributed by atoms with Crippen molar-refractivity contribution in [1.82, 2.24) is 15.3 Å². The van der Waals surface area contributed by atoms with E-state index < -0.39 is 0 Å². The Morgan fingerprint density at radius 3 is 3.06 bits per heavy atom. The van der Waals surface area contributed by atoms with E-state index in [0.717, 1.165) is 25.3 Å². The van der Waals surface area contributed by atoms with Crippen LogP contribution in [-0.4, -0.2) is 35.6 Å².